The lowest BCUT2D eigenvalue weighted by Gasteiger charge is -2.39. The van der Waals surface area contributed by atoms with Gasteiger partial charge in [-0.1, -0.05) is 91.7 Å². The van der Waals surface area contributed by atoms with Crippen LogP contribution in [0.5, 0.6) is 0 Å². The minimum atomic E-state index is -0.969. The molecule has 0 radical (unpaired) electrons. The maximum atomic E-state index is 14.9. The van der Waals surface area contributed by atoms with Gasteiger partial charge in [0.25, 0.3) is 5.91 Å². The second-order valence-corrected chi connectivity index (χ2v) is 13.6. The molecule has 0 spiro atoms. The highest BCUT2D eigenvalue weighted by Crippen LogP contribution is 2.31. The molecule has 0 bridgehead atoms. The van der Waals surface area contributed by atoms with Crippen LogP contribution in [0, 0.1) is 26.7 Å². The SMILES string of the molecule is Cc1cc(C)cc(C(C(=O)Nc2ccccc2C)N(C(=O)C(Cc2ccccc2)NC(=O)OC(C)(C)C)C(C)CCC(C)C)c1. The first kappa shape index (κ1) is 35.4. The number of hydrogen-bond donors (Lipinski definition) is 2. The van der Waals surface area contributed by atoms with Crippen LogP contribution in [0.2, 0.25) is 0 Å². The molecule has 0 saturated carbocycles. The maximum absolute atomic E-state index is 14.9. The number of anilines is 1. The smallest absolute Gasteiger partial charge is 0.408 e. The fourth-order valence-electron chi connectivity index (χ4n) is 5.51. The summed E-state index contributed by atoms with van der Waals surface area (Å²) in [6.07, 6.45) is 1.11. The summed E-state index contributed by atoms with van der Waals surface area (Å²) < 4.78 is 5.59. The van der Waals surface area contributed by atoms with Gasteiger partial charge in [-0.2, -0.15) is 0 Å². The first-order valence-electron chi connectivity index (χ1n) is 15.9. The van der Waals surface area contributed by atoms with Crippen LogP contribution < -0.4 is 10.6 Å². The quantitative estimate of drug-likeness (QED) is 0.216. The molecule has 0 aliphatic rings. The summed E-state index contributed by atoms with van der Waals surface area (Å²) in [7, 11) is 0. The molecule has 0 aliphatic carbocycles. The molecule has 2 N–H and O–H groups in total. The Labute approximate surface area is 269 Å². The number of hydrogen-bond acceptors (Lipinski definition) is 4. The van der Waals surface area contributed by atoms with Gasteiger partial charge in [0.15, 0.2) is 0 Å². The van der Waals surface area contributed by atoms with E-state index in [0.29, 0.717) is 18.0 Å². The average molecular weight is 614 g/mol. The van der Waals surface area contributed by atoms with Gasteiger partial charge in [-0.25, -0.2) is 4.79 Å². The number of aryl methyl sites for hydroxylation is 3. The van der Waals surface area contributed by atoms with E-state index < -0.39 is 23.8 Å². The molecule has 0 saturated heterocycles. The number of benzene rings is 3. The topological polar surface area (TPSA) is 87.7 Å². The molecule has 7 nitrogen and oxygen atoms in total. The first-order chi connectivity index (χ1) is 21.1. The third-order valence-electron chi connectivity index (χ3n) is 7.65. The highest BCUT2D eigenvalue weighted by Gasteiger charge is 2.39. The van der Waals surface area contributed by atoms with E-state index >= 15 is 0 Å². The van der Waals surface area contributed by atoms with Crippen LogP contribution >= 0.6 is 0 Å². The van der Waals surface area contributed by atoms with Crippen LogP contribution in [0.1, 0.15) is 88.2 Å². The summed E-state index contributed by atoms with van der Waals surface area (Å²) >= 11 is 0. The lowest BCUT2D eigenvalue weighted by Crippen LogP contribution is -2.55. The molecule has 3 aromatic rings. The number of carbonyl (C=O) groups excluding carboxylic acids is 3. The van der Waals surface area contributed by atoms with Gasteiger partial charge >= 0.3 is 6.09 Å². The third-order valence-corrected chi connectivity index (χ3v) is 7.65. The average Bonchev–Trinajstić information content (AvgIpc) is 2.94. The molecule has 7 heteroatoms. The lowest BCUT2D eigenvalue weighted by molar-refractivity contribution is -0.143. The molecular formula is C38H51N3O4. The van der Waals surface area contributed by atoms with Gasteiger partial charge in [-0.05, 0) is 90.0 Å². The number of nitrogens with zero attached hydrogens (tertiary/aromatic N) is 1. The number of nitrogens with one attached hydrogen (secondary N) is 2. The number of ether oxygens (including phenoxy) is 1. The van der Waals surface area contributed by atoms with Crippen molar-refractivity contribution in [3.63, 3.8) is 0 Å². The number of rotatable bonds is 12. The van der Waals surface area contributed by atoms with E-state index in [1.54, 1.807) is 25.7 Å². The number of alkyl carbamates (subject to hydrolysis) is 1. The molecule has 3 rings (SSSR count). The molecule has 0 aliphatic heterocycles. The van der Waals surface area contributed by atoms with E-state index in [4.69, 9.17) is 4.74 Å². The fraction of sp³-hybridized carbons (Fsp3) is 0.447. The summed E-state index contributed by atoms with van der Waals surface area (Å²) in [5.41, 5.74) is 4.45. The molecular weight excluding hydrogens is 562 g/mol. The van der Waals surface area contributed by atoms with Crippen molar-refractivity contribution in [1.29, 1.82) is 0 Å². The Morgan fingerprint density at radius 1 is 0.822 bits per heavy atom. The van der Waals surface area contributed by atoms with Crippen LogP contribution in [0.4, 0.5) is 10.5 Å². The van der Waals surface area contributed by atoms with Crippen molar-refractivity contribution in [2.24, 2.45) is 5.92 Å². The van der Waals surface area contributed by atoms with Crippen molar-refractivity contribution in [2.75, 3.05) is 5.32 Å². The zero-order valence-electron chi connectivity index (χ0n) is 28.4. The second-order valence-electron chi connectivity index (χ2n) is 13.6. The van der Waals surface area contributed by atoms with Gasteiger partial charge < -0.3 is 20.3 Å². The zero-order valence-corrected chi connectivity index (χ0v) is 28.4. The Hall–Kier alpha value is -4.13. The van der Waals surface area contributed by atoms with Gasteiger partial charge in [0.2, 0.25) is 5.91 Å². The minimum Gasteiger partial charge on any atom is -0.444 e. The van der Waals surface area contributed by atoms with Crippen molar-refractivity contribution in [1.82, 2.24) is 10.2 Å². The molecule has 0 fully saturated rings. The normalized spacial score (nSPS) is 13.5. The Morgan fingerprint density at radius 3 is 2.00 bits per heavy atom. The minimum absolute atomic E-state index is 0.241. The van der Waals surface area contributed by atoms with Crippen molar-refractivity contribution < 1.29 is 19.1 Å². The van der Waals surface area contributed by atoms with E-state index in [2.05, 4.69) is 30.5 Å². The van der Waals surface area contributed by atoms with Gasteiger partial charge in [-0.3, -0.25) is 9.59 Å². The molecule has 0 heterocycles. The summed E-state index contributed by atoms with van der Waals surface area (Å²) in [5.74, 6) is -0.246. The van der Waals surface area contributed by atoms with E-state index in [9.17, 15) is 14.4 Å². The van der Waals surface area contributed by atoms with Crippen molar-refractivity contribution >= 4 is 23.6 Å². The summed E-state index contributed by atoms with van der Waals surface area (Å²) in [4.78, 5) is 44.2. The molecule has 0 aromatic heterocycles. The standard InChI is InChI=1S/C38H51N3O4/c1-25(2)19-20-29(6)41(36(43)33(24-30-16-11-10-12-17-30)40-37(44)45-38(7,8)9)34(31-22-26(3)21-27(4)23-31)35(42)39-32-18-14-13-15-28(32)5/h10-18,21-23,25,29,33-34H,19-20,24H2,1-9H3,(H,39,42)(H,40,44). The number of carbonyl (C=O) groups is 3. The van der Waals surface area contributed by atoms with Crippen molar-refractivity contribution in [2.45, 2.75) is 105 Å². The molecule has 3 aromatic carbocycles. The van der Waals surface area contributed by atoms with Crippen LogP contribution in [-0.4, -0.2) is 40.5 Å². The Kier molecular flexibility index (Phi) is 12.4. The van der Waals surface area contributed by atoms with Gasteiger partial charge in [0.05, 0.1) is 0 Å². The van der Waals surface area contributed by atoms with E-state index in [0.717, 1.165) is 34.2 Å². The van der Waals surface area contributed by atoms with E-state index in [1.165, 1.54) is 0 Å². The molecule has 3 amide bonds. The number of amides is 3. The monoisotopic (exact) mass is 613 g/mol. The van der Waals surface area contributed by atoms with Crippen molar-refractivity contribution in [3.05, 3.63) is 101 Å². The largest absolute Gasteiger partial charge is 0.444 e. The van der Waals surface area contributed by atoms with Crippen LogP contribution in [-0.2, 0) is 20.7 Å². The van der Waals surface area contributed by atoms with E-state index in [1.807, 2.05) is 94.4 Å². The third kappa shape index (κ3) is 10.8. The summed E-state index contributed by atoms with van der Waals surface area (Å²) in [6.45, 7) is 17.6. The van der Waals surface area contributed by atoms with Gasteiger partial charge in [0.1, 0.15) is 17.7 Å². The Bertz CT molecular complexity index is 1420. The molecule has 3 unspecified atom stereocenters. The molecule has 45 heavy (non-hydrogen) atoms. The van der Waals surface area contributed by atoms with Crippen LogP contribution in [0.25, 0.3) is 0 Å². The van der Waals surface area contributed by atoms with E-state index in [-0.39, 0.29) is 24.3 Å². The number of para-hydroxylation sites is 1. The Morgan fingerprint density at radius 2 is 1.42 bits per heavy atom. The highest BCUT2D eigenvalue weighted by atomic mass is 16.6. The predicted octanol–water partition coefficient (Wildman–Crippen LogP) is 8.08. The second kappa shape index (κ2) is 15.7. The first-order valence-corrected chi connectivity index (χ1v) is 15.9. The molecule has 3 atom stereocenters. The van der Waals surface area contributed by atoms with Crippen LogP contribution in [0.3, 0.4) is 0 Å². The maximum Gasteiger partial charge on any atom is 0.408 e. The summed E-state index contributed by atoms with van der Waals surface area (Å²) in [5, 5.41) is 5.98. The Balaban J connectivity index is 2.17. The predicted molar refractivity (Wildman–Crippen MR) is 182 cm³/mol. The fourth-order valence-corrected chi connectivity index (χ4v) is 5.51. The van der Waals surface area contributed by atoms with Crippen LogP contribution in [0.15, 0.2) is 72.8 Å². The lowest BCUT2D eigenvalue weighted by atomic mass is 9.94. The zero-order chi connectivity index (χ0) is 33.3. The van der Waals surface area contributed by atoms with Crippen molar-refractivity contribution in [3.8, 4) is 0 Å². The van der Waals surface area contributed by atoms with Gasteiger partial charge in [0, 0.05) is 18.2 Å². The van der Waals surface area contributed by atoms with Gasteiger partial charge in [-0.15, -0.1) is 0 Å². The highest BCUT2D eigenvalue weighted by molar-refractivity contribution is 5.99. The molecule has 242 valence electrons. The summed E-state index contributed by atoms with van der Waals surface area (Å²) in [6, 6.07) is 20.9.